The highest BCUT2D eigenvalue weighted by Gasteiger charge is 2.27. The third-order valence-electron chi connectivity index (χ3n) is 4.16. The predicted molar refractivity (Wildman–Crippen MR) is 98.6 cm³/mol. The quantitative estimate of drug-likeness (QED) is 0.677. The van der Waals surface area contributed by atoms with Gasteiger partial charge in [-0.25, -0.2) is 14.6 Å². The van der Waals surface area contributed by atoms with Crippen LogP contribution < -0.4 is 10.9 Å². The van der Waals surface area contributed by atoms with Crippen LogP contribution in [0.3, 0.4) is 0 Å². The molecule has 0 aliphatic heterocycles. The van der Waals surface area contributed by atoms with Gasteiger partial charge in [0.1, 0.15) is 30.0 Å². The Kier molecular flexibility index (Phi) is 5.66. The molecule has 0 spiro atoms. The first-order valence-corrected chi connectivity index (χ1v) is 8.88. The second kappa shape index (κ2) is 8.02. The Balaban J connectivity index is 1.92. The molecule has 0 unspecified atom stereocenters. The third-order valence-corrected chi connectivity index (χ3v) is 4.16. The number of nitrogens with one attached hydrogen (secondary N) is 1. The molecule has 0 fully saturated rings. The lowest BCUT2D eigenvalue weighted by Crippen LogP contribution is -2.32. The van der Waals surface area contributed by atoms with Crippen molar-refractivity contribution in [3.8, 4) is 0 Å². The summed E-state index contributed by atoms with van der Waals surface area (Å²) in [6, 6.07) is 2.91. The van der Waals surface area contributed by atoms with Crippen LogP contribution in [-0.2, 0) is 17.8 Å². The predicted octanol–water partition coefficient (Wildman–Crippen LogP) is 2.54. The molecule has 0 aromatic carbocycles. The van der Waals surface area contributed by atoms with Gasteiger partial charge in [0.25, 0.3) is 5.56 Å². The average Bonchev–Trinajstić information content (AvgIpc) is 3.07. The summed E-state index contributed by atoms with van der Waals surface area (Å²) < 4.78 is 40.1. The summed E-state index contributed by atoms with van der Waals surface area (Å²) in [5, 5.41) is 6.79. The molecule has 0 radical (unpaired) electrons. The maximum atomic E-state index is 12.8. The number of rotatable bonds is 6. The van der Waals surface area contributed by atoms with Gasteiger partial charge in [-0.15, -0.1) is 0 Å². The minimum atomic E-state index is -4.29. The van der Waals surface area contributed by atoms with Crippen LogP contribution in [0.1, 0.15) is 37.6 Å². The fourth-order valence-corrected chi connectivity index (χ4v) is 2.83. The van der Waals surface area contributed by atoms with Gasteiger partial charge in [-0.3, -0.25) is 14.0 Å². The maximum absolute atomic E-state index is 12.8. The Hall–Kier alpha value is -3.24. The number of carbonyl (C=O) groups excluding carboxylic acids is 1. The van der Waals surface area contributed by atoms with Crippen LogP contribution in [0, 0.1) is 0 Å². The first-order chi connectivity index (χ1) is 13.6. The van der Waals surface area contributed by atoms with E-state index in [1.165, 1.54) is 35.3 Å². The van der Waals surface area contributed by atoms with Crippen molar-refractivity contribution < 1.29 is 18.0 Å². The van der Waals surface area contributed by atoms with Gasteiger partial charge in [-0.1, -0.05) is 13.8 Å². The number of amides is 1. The van der Waals surface area contributed by atoms with E-state index in [9.17, 15) is 22.8 Å². The van der Waals surface area contributed by atoms with Crippen molar-refractivity contribution in [3.05, 3.63) is 52.6 Å². The smallest absolute Gasteiger partial charge is 0.309 e. The summed E-state index contributed by atoms with van der Waals surface area (Å²) in [6.07, 6.45) is -1.28. The van der Waals surface area contributed by atoms with Gasteiger partial charge in [0.05, 0.1) is 0 Å². The lowest BCUT2D eigenvalue weighted by atomic mass is 10.2. The van der Waals surface area contributed by atoms with Crippen molar-refractivity contribution in [2.24, 2.45) is 0 Å². The number of anilines is 1. The molecule has 0 saturated carbocycles. The first kappa shape index (κ1) is 20.5. The Morgan fingerprint density at radius 2 is 2.07 bits per heavy atom. The second-order valence-electron chi connectivity index (χ2n) is 6.84. The molecule has 0 atom stereocenters. The van der Waals surface area contributed by atoms with Crippen LogP contribution in [-0.4, -0.2) is 36.2 Å². The molecule has 0 saturated heterocycles. The third kappa shape index (κ3) is 4.98. The van der Waals surface area contributed by atoms with Gasteiger partial charge < -0.3 is 5.32 Å². The van der Waals surface area contributed by atoms with Crippen LogP contribution in [0.25, 0.3) is 5.52 Å². The van der Waals surface area contributed by atoms with Gasteiger partial charge >= 0.3 is 6.18 Å². The highest BCUT2D eigenvalue weighted by molar-refractivity contribution is 5.89. The van der Waals surface area contributed by atoms with Crippen molar-refractivity contribution >= 4 is 17.2 Å². The highest BCUT2D eigenvalue weighted by Crippen LogP contribution is 2.23. The number of hydrogen-bond acceptors (Lipinski definition) is 5. The Labute approximate surface area is 163 Å². The standard InChI is InChI=1S/C18H19F3N6O2/c1-11(2)16-25-27(9-15(28)24-14-4-6-22-10-23-14)17(29)13-7-12(8-26(13)16)3-5-18(19,20)21/h4,6-8,10-11H,3,5,9H2,1-2H3,(H,22,23,24,28). The van der Waals surface area contributed by atoms with Gasteiger partial charge in [-0.05, 0) is 24.1 Å². The van der Waals surface area contributed by atoms with Crippen molar-refractivity contribution in [1.82, 2.24) is 24.1 Å². The zero-order chi connectivity index (χ0) is 21.2. The zero-order valence-corrected chi connectivity index (χ0v) is 15.8. The fourth-order valence-electron chi connectivity index (χ4n) is 2.83. The van der Waals surface area contributed by atoms with Gasteiger partial charge in [-0.2, -0.15) is 18.3 Å². The maximum Gasteiger partial charge on any atom is 0.389 e. The largest absolute Gasteiger partial charge is 0.389 e. The molecule has 1 amide bonds. The number of nitrogens with zero attached hydrogens (tertiary/aromatic N) is 5. The molecule has 0 aliphatic rings. The van der Waals surface area contributed by atoms with Crippen LogP contribution in [0.15, 0.2) is 35.6 Å². The monoisotopic (exact) mass is 408 g/mol. The highest BCUT2D eigenvalue weighted by atomic mass is 19.4. The topological polar surface area (TPSA) is 94.2 Å². The molecular formula is C18H19F3N6O2. The molecule has 3 aromatic rings. The lowest BCUT2D eigenvalue weighted by Gasteiger charge is -2.12. The minimum absolute atomic E-state index is 0.128. The number of fused-ring (bicyclic) bond motifs is 1. The normalized spacial score (nSPS) is 11.9. The number of alkyl halides is 3. The van der Waals surface area contributed by atoms with E-state index in [0.29, 0.717) is 11.4 Å². The van der Waals surface area contributed by atoms with Gasteiger partial charge in [0.2, 0.25) is 5.91 Å². The Bertz CT molecular complexity index is 1070. The summed E-state index contributed by atoms with van der Waals surface area (Å²) in [5.41, 5.74) is -0.00693. The average molecular weight is 408 g/mol. The number of aromatic nitrogens is 5. The van der Waals surface area contributed by atoms with E-state index in [1.807, 2.05) is 13.8 Å². The molecule has 8 nitrogen and oxygen atoms in total. The van der Waals surface area contributed by atoms with Crippen molar-refractivity contribution in [3.63, 3.8) is 0 Å². The molecule has 154 valence electrons. The number of aryl methyl sites for hydroxylation is 1. The van der Waals surface area contributed by atoms with Crippen LogP contribution >= 0.6 is 0 Å². The first-order valence-electron chi connectivity index (χ1n) is 8.88. The SMILES string of the molecule is CC(C)c1nn(CC(=O)Nc2ccncn2)c(=O)c2cc(CCC(F)(F)F)cn12. The summed E-state index contributed by atoms with van der Waals surface area (Å²) in [4.78, 5) is 32.6. The molecule has 3 heterocycles. The van der Waals surface area contributed by atoms with E-state index in [0.717, 1.165) is 4.68 Å². The van der Waals surface area contributed by atoms with Crippen LogP contribution in [0.2, 0.25) is 0 Å². The van der Waals surface area contributed by atoms with E-state index < -0.39 is 24.1 Å². The van der Waals surface area contributed by atoms with Gasteiger partial charge in [0, 0.05) is 24.7 Å². The fraction of sp³-hybridized carbons (Fsp3) is 0.389. The number of carbonyl (C=O) groups is 1. The van der Waals surface area contributed by atoms with Crippen molar-refractivity contribution in [1.29, 1.82) is 0 Å². The summed E-state index contributed by atoms with van der Waals surface area (Å²) in [6.45, 7) is 3.32. The molecule has 3 rings (SSSR count). The molecule has 0 aliphatic carbocycles. The summed E-state index contributed by atoms with van der Waals surface area (Å²) >= 11 is 0. The number of hydrogen-bond donors (Lipinski definition) is 1. The van der Waals surface area contributed by atoms with E-state index in [1.54, 1.807) is 0 Å². The van der Waals surface area contributed by atoms with E-state index >= 15 is 0 Å². The van der Waals surface area contributed by atoms with E-state index in [-0.39, 0.29) is 30.2 Å². The molecular weight excluding hydrogens is 389 g/mol. The van der Waals surface area contributed by atoms with Gasteiger partial charge in [0.15, 0.2) is 0 Å². The minimum Gasteiger partial charge on any atom is -0.309 e. The van der Waals surface area contributed by atoms with Crippen LogP contribution in [0.4, 0.5) is 19.0 Å². The molecule has 3 aromatic heterocycles. The summed E-state index contributed by atoms with van der Waals surface area (Å²) in [5.74, 6) is 0.103. The molecule has 11 heteroatoms. The van der Waals surface area contributed by atoms with E-state index in [2.05, 4.69) is 20.4 Å². The Morgan fingerprint density at radius 1 is 1.31 bits per heavy atom. The Morgan fingerprint density at radius 3 is 2.69 bits per heavy atom. The summed E-state index contributed by atoms with van der Waals surface area (Å²) in [7, 11) is 0. The molecule has 1 N–H and O–H groups in total. The number of halogens is 3. The van der Waals surface area contributed by atoms with Crippen LogP contribution in [0.5, 0.6) is 0 Å². The lowest BCUT2D eigenvalue weighted by molar-refractivity contribution is -0.134. The van der Waals surface area contributed by atoms with Crippen molar-refractivity contribution in [2.45, 2.75) is 45.3 Å². The van der Waals surface area contributed by atoms with Crippen molar-refractivity contribution in [2.75, 3.05) is 5.32 Å². The molecule has 0 bridgehead atoms. The van der Waals surface area contributed by atoms with E-state index in [4.69, 9.17) is 0 Å². The molecule has 29 heavy (non-hydrogen) atoms. The second-order valence-corrected chi connectivity index (χ2v) is 6.84. The zero-order valence-electron chi connectivity index (χ0n) is 15.8.